The van der Waals surface area contributed by atoms with Crippen LogP contribution in [0.15, 0.2) is 24.3 Å². The van der Waals surface area contributed by atoms with Crippen LogP contribution in [-0.2, 0) is 4.79 Å². The number of anilines is 1. The van der Waals surface area contributed by atoms with Crippen molar-refractivity contribution in [1.29, 1.82) is 0 Å². The highest BCUT2D eigenvalue weighted by molar-refractivity contribution is 8.00. The van der Waals surface area contributed by atoms with Crippen LogP contribution < -0.4 is 10.1 Å². The molecule has 2 N–H and O–H groups in total. The number of hydrogen-bond acceptors (Lipinski definition) is 4. The van der Waals surface area contributed by atoms with E-state index in [0.717, 1.165) is 35.4 Å². The van der Waals surface area contributed by atoms with Gasteiger partial charge in [-0.25, -0.2) is 0 Å². The molecular formula is C18H21N3O2S. The number of thioether (sulfide) groups is 1. The number of aromatic amines is 1. The lowest BCUT2D eigenvalue weighted by Crippen LogP contribution is -2.12. The van der Waals surface area contributed by atoms with E-state index in [9.17, 15) is 4.79 Å². The second kappa shape index (κ2) is 6.51. The quantitative estimate of drug-likeness (QED) is 0.889. The first-order valence-electron chi connectivity index (χ1n) is 8.43. The molecule has 126 valence electrons. The summed E-state index contributed by atoms with van der Waals surface area (Å²) in [5.74, 6) is 1.99. The van der Waals surface area contributed by atoms with E-state index in [2.05, 4.69) is 27.6 Å². The number of fused-ring (bicyclic) bond motifs is 1. The minimum atomic E-state index is -0.00592. The lowest BCUT2D eigenvalue weighted by molar-refractivity contribution is -0.113. The van der Waals surface area contributed by atoms with Crippen molar-refractivity contribution >= 4 is 23.5 Å². The summed E-state index contributed by atoms with van der Waals surface area (Å²) < 4.78 is 6.14. The van der Waals surface area contributed by atoms with E-state index in [1.165, 1.54) is 12.8 Å². The number of aromatic nitrogens is 2. The third-order valence-electron chi connectivity index (χ3n) is 4.66. The molecule has 0 unspecified atom stereocenters. The van der Waals surface area contributed by atoms with E-state index in [1.807, 2.05) is 19.1 Å². The van der Waals surface area contributed by atoms with Crippen LogP contribution in [0.5, 0.6) is 5.75 Å². The molecule has 24 heavy (non-hydrogen) atoms. The molecule has 1 aliphatic heterocycles. The maximum Gasteiger partial charge on any atom is 0.235 e. The average molecular weight is 343 g/mol. The molecule has 0 saturated heterocycles. The van der Waals surface area contributed by atoms with Gasteiger partial charge in [0.25, 0.3) is 0 Å². The number of amides is 1. The molecule has 0 bridgehead atoms. The summed E-state index contributed by atoms with van der Waals surface area (Å²) in [5.41, 5.74) is 3.20. The largest absolute Gasteiger partial charge is 0.490 e. The summed E-state index contributed by atoms with van der Waals surface area (Å²) in [6.07, 6.45) is 5.15. The maximum atomic E-state index is 11.9. The van der Waals surface area contributed by atoms with E-state index in [-0.39, 0.29) is 11.2 Å². The number of H-pyrrole nitrogens is 1. The minimum Gasteiger partial charge on any atom is -0.490 e. The molecule has 1 amide bonds. The lowest BCUT2D eigenvalue weighted by Gasteiger charge is -2.18. The van der Waals surface area contributed by atoms with Gasteiger partial charge in [-0.15, -0.1) is 11.8 Å². The van der Waals surface area contributed by atoms with Crippen molar-refractivity contribution in [3.8, 4) is 5.75 Å². The van der Waals surface area contributed by atoms with Crippen LogP contribution in [0.25, 0.3) is 0 Å². The molecule has 0 radical (unpaired) electrons. The molecule has 2 aromatic rings. The van der Waals surface area contributed by atoms with Gasteiger partial charge in [-0.1, -0.05) is 12.1 Å². The van der Waals surface area contributed by atoms with Crippen LogP contribution in [0.1, 0.15) is 47.8 Å². The number of nitrogens with zero attached hydrogens (tertiary/aromatic N) is 1. The topological polar surface area (TPSA) is 67.0 Å². The summed E-state index contributed by atoms with van der Waals surface area (Å²) >= 11 is 1.63. The Morgan fingerprint density at radius 2 is 2.12 bits per heavy atom. The highest BCUT2D eigenvalue weighted by Gasteiger charge is 2.28. The number of ether oxygens (including phenoxy) is 1. The molecule has 5 nitrogen and oxygen atoms in total. The molecule has 1 atom stereocenters. The molecule has 6 heteroatoms. The van der Waals surface area contributed by atoms with Crippen LogP contribution >= 0.6 is 11.8 Å². The van der Waals surface area contributed by atoms with Gasteiger partial charge in [-0.2, -0.15) is 5.10 Å². The minimum absolute atomic E-state index is 0.00592. The van der Waals surface area contributed by atoms with Crippen molar-refractivity contribution in [2.24, 2.45) is 0 Å². The van der Waals surface area contributed by atoms with E-state index in [0.29, 0.717) is 17.7 Å². The summed E-state index contributed by atoms with van der Waals surface area (Å²) in [7, 11) is 0. The predicted molar refractivity (Wildman–Crippen MR) is 95.6 cm³/mol. The Balaban J connectivity index is 1.65. The normalized spacial score (nSPS) is 21.2. The number of hydrogen-bond donors (Lipinski definition) is 2. The van der Waals surface area contributed by atoms with Crippen LogP contribution in [0.3, 0.4) is 0 Å². The van der Waals surface area contributed by atoms with Crippen molar-refractivity contribution in [3.63, 3.8) is 0 Å². The van der Waals surface area contributed by atoms with Crippen molar-refractivity contribution in [1.82, 2.24) is 10.2 Å². The Kier molecular flexibility index (Phi) is 4.22. The van der Waals surface area contributed by atoms with E-state index < -0.39 is 0 Å². The zero-order chi connectivity index (χ0) is 16.5. The van der Waals surface area contributed by atoms with Gasteiger partial charge in [0.1, 0.15) is 5.75 Å². The average Bonchev–Trinajstić information content (AvgIpc) is 3.16. The van der Waals surface area contributed by atoms with Crippen LogP contribution in [0, 0.1) is 6.92 Å². The second-order valence-electron chi connectivity index (χ2n) is 6.45. The van der Waals surface area contributed by atoms with Gasteiger partial charge < -0.3 is 10.1 Å². The summed E-state index contributed by atoms with van der Waals surface area (Å²) in [5, 5.41) is 10.2. The number of nitrogens with one attached hydrogen (secondary N) is 2. The van der Waals surface area contributed by atoms with Gasteiger partial charge >= 0.3 is 0 Å². The molecule has 2 heterocycles. The second-order valence-corrected chi connectivity index (χ2v) is 7.54. The van der Waals surface area contributed by atoms with Gasteiger partial charge in [-0.3, -0.25) is 9.89 Å². The monoisotopic (exact) mass is 343 g/mol. The number of rotatable bonds is 3. The highest BCUT2D eigenvalue weighted by Crippen LogP contribution is 2.43. The smallest absolute Gasteiger partial charge is 0.235 e. The van der Waals surface area contributed by atoms with Crippen molar-refractivity contribution in [3.05, 3.63) is 41.1 Å². The van der Waals surface area contributed by atoms with Crippen molar-refractivity contribution < 1.29 is 9.53 Å². The first kappa shape index (κ1) is 15.6. The summed E-state index contributed by atoms with van der Waals surface area (Å²) in [6.45, 7) is 2.00. The van der Waals surface area contributed by atoms with E-state index >= 15 is 0 Å². The van der Waals surface area contributed by atoms with Gasteiger partial charge in [0, 0.05) is 11.3 Å². The van der Waals surface area contributed by atoms with Crippen LogP contribution in [0.2, 0.25) is 0 Å². The highest BCUT2D eigenvalue weighted by atomic mass is 32.2. The maximum absolute atomic E-state index is 11.9. The molecule has 4 rings (SSSR count). The number of carbonyl (C=O) groups excluding carboxylic acids is 1. The predicted octanol–water partition coefficient (Wildman–Crippen LogP) is 3.81. The Morgan fingerprint density at radius 1 is 1.29 bits per heavy atom. The fourth-order valence-electron chi connectivity index (χ4n) is 3.48. The zero-order valence-corrected chi connectivity index (χ0v) is 14.5. The summed E-state index contributed by atoms with van der Waals surface area (Å²) in [6, 6.07) is 8.28. The van der Waals surface area contributed by atoms with Crippen molar-refractivity contribution in [2.75, 3.05) is 11.1 Å². The molecule has 1 aliphatic carbocycles. The van der Waals surface area contributed by atoms with Crippen molar-refractivity contribution in [2.45, 2.75) is 44.0 Å². The molecule has 1 aromatic carbocycles. The number of aryl methyl sites for hydroxylation is 1. The molecular weight excluding hydrogens is 322 g/mol. The standard InChI is InChI=1S/C18H21N3O2S/c1-11-16-17(24-10-15(22)19-18(16)21-20-11)12-5-4-8-14(9-12)23-13-6-2-3-7-13/h4-5,8-9,13,17H,2-3,6-7,10H2,1H3,(H2,19,20,21,22)/t17-/m1/s1. The molecule has 1 aromatic heterocycles. The zero-order valence-electron chi connectivity index (χ0n) is 13.7. The van der Waals surface area contributed by atoms with Crippen LogP contribution in [-0.4, -0.2) is 28.0 Å². The Labute approximate surface area is 145 Å². The Morgan fingerprint density at radius 3 is 2.96 bits per heavy atom. The van der Waals surface area contributed by atoms with E-state index in [1.54, 1.807) is 11.8 Å². The first-order valence-corrected chi connectivity index (χ1v) is 9.48. The van der Waals surface area contributed by atoms with Gasteiger partial charge in [0.05, 0.1) is 17.1 Å². The SMILES string of the molecule is Cc1[nH]nc2c1[C@@H](c1cccc(OC3CCCC3)c1)SCC(=O)N2. The Hall–Kier alpha value is -1.95. The third kappa shape index (κ3) is 3.02. The molecule has 0 spiro atoms. The van der Waals surface area contributed by atoms with Crippen LogP contribution in [0.4, 0.5) is 5.82 Å². The molecule has 2 aliphatic rings. The number of benzene rings is 1. The van der Waals surface area contributed by atoms with Gasteiger partial charge in [0.2, 0.25) is 5.91 Å². The third-order valence-corrected chi connectivity index (χ3v) is 5.93. The molecule has 1 saturated carbocycles. The number of carbonyl (C=O) groups is 1. The summed E-state index contributed by atoms with van der Waals surface area (Å²) in [4.78, 5) is 11.9. The van der Waals surface area contributed by atoms with Gasteiger partial charge in [-0.05, 0) is 50.3 Å². The molecule has 1 fully saturated rings. The first-order chi connectivity index (χ1) is 11.7. The lowest BCUT2D eigenvalue weighted by atomic mass is 10.0. The fourth-order valence-corrected chi connectivity index (χ4v) is 4.66. The van der Waals surface area contributed by atoms with Gasteiger partial charge in [0.15, 0.2) is 5.82 Å². The Bertz CT molecular complexity index is 752. The fraction of sp³-hybridized carbons (Fsp3) is 0.444. The van der Waals surface area contributed by atoms with E-state index in [4.69, 9.17) is 4.74 Å².